The Morgan fingerprint density at radius 1 is 1.40 bits per heavy atom. The lowest BCUT2D eigenvalue weighted by atomic mass is 9.90. The van der Waals surface area contributed by atoms with Crippen LogP contribution in [-0.4, -0.2) is 35.1 Å². The Morgan fingerprint density at radius 2 is 2.15 bits per heavy atom. The van der Waals surface area contributed by atoms with E-state index in [-0.39, 0.29) is 12.5 Å². The van der Waals surface area contributed by atoms with Crippen molar-refractivity contribution in [3.05, 3.63) is 34.9 Å². The van der Waals surface area contributed by atoms with E-state index in [4.69, 9.17) is 22.4 Å². The smallest absolute Gasteiger partial charge is 0.303 e. The van der Waals surface area contributed by atoms with Gasteiger partial charge in [-0.15, -0.1) is 0 Å². The van der Waals surface area contributed by atoms with Crippen molar-refractivity contribution < 1.29 is 9.90 Å². The minimum Gasteiger partial charge on any atom is -0.481 e. The van der Waals surface area contributed by atoms with E-state index in [1.807, 2.05) is 24.3 Å². The van der Waals surface area contributed by atoms with Gasteiger partial charge in [-0.3, -0.25) is 9.69 Å². The average molecular weight is 297 g/mol. The van der Waals surface area contributed by atoms with Crippen LogP contribution in [0.5, 0.6) is 0 Å². The van der Waals surface area contributed by atoms with Gasteiger partial charge in [0, 0.05) is 37.1 Å². The highest BCUT2D eigenvalue weighted by Crippen LogP contribution is 2.24. The van der Waals surface area contributed by atoms with Gasteiger partial charge < -0.3 is 10.8 Å². The molecule has 0 bridgehead atoms. The van der Waals surface area contributed by atoms with Gasteiger partial charge in [-0.1, -0.05) is 29.8 Å². The van der Waals surface area contributed by atoms with E-state index in [9.17, 15) is 4.79 Å². The molecule has 1 aromatic carbocycles. The summed E-state index contributed by atoms with van der Waals surface area (Å²) in [5, 5.41) is 9.56. The molecule has 0 spiro atoms. The summed E-state index contributed by atoms with van der Waals surface area (Å²) in [6.07, 6.45) is 1.83. The van der Waals surface area contributed by atoms with Crippen LogP contribution in [-0.2, 0) is 11.3 Å². The lowest BCUT2D eigenvalue weighted by molar-refractivity contribution is -0.137. The Morgan fingerprint density at radius 3 is 2.85 bits per heavy atom. The fourth-order valence-corrected chi connectivity index (χ4v) is 3.08. The number of hydrogen-bond acceptors (Lipinski definition) is 3. The first-order valence-electron chi connectivity index (χ1n) is 6.97. The molecule has 1 aliphatic heterocycles. The molecule has 5 heteroatoms. The average Bonchev–Trinajstić information content (AvgIpc) is 2.38. The van der Waals surface area contributed by atoms with Crippen molar-refractivity contribution in [1.82, 2.24) is 4.90 Å². The van der Waals surface area contributed by atoms with Gasteiger partial charge >= 0.3 is 5.97 Å². The Balaban J connectivity index is 1.94. The van der Waals surface area contributed by atoms with Crippen LogP contribution < -0.4 is 5.73 Å². The van der Waals surface area contributed by atoms with Crippen LogP contribution in [0.15, 0.2) is 24.3 Å². The fraction of sp³-hybridized carbons (Fsp3) is 0.533. The van der Waals surface area contributed by atoms with Crippen LogP contribution in [0.2, 0.25) is 5.02 Å². The van der Waals surface area contributed by atoms with Gasteiger partial charge in [0.15, 0.2) is 0 Å². The van der Waals surface area contributed by atoms with Gasteiger partial charge in [0.1, 0.15) is 0 Å². The number of likely N-dealkylation sites (tertiary alicyclic amines) is 1. The molecule has 110 valence electrons. The molecule has 4 nitrogen and oxygen atoms in total. The standard InChI is InChI=1S/C15H21ClN2O2/c16-14-4-2-1-3-12(14)9-18-8-11(5-6-15(19)20)7-13(17)10-18/h1-4,11,13H,5-10,17H2,(H,19,20). The van der Waals surface area contributed by atoms with Gasteiger partial charge in [-0.25, -0.2) is 0 Å². The number of rotatable bonds is 5. The van der Waals surface area contributed by atoms with E-state index in [0.29, 0.717) is 12.3 Å². The molecule has 1 aliphatic rings. The zero-order valence-electron chi connectivity index (χ0n) is 11.5. The van der Waals surface area contributed by atoms with E-state index >= 15 is 0 Å². The molecule has 20 heavy (non-hydrogen) atoms. The van der Waals surface area contributed by atoms with Crippen LogP contribution in [0.3, 0.4) is 0 Å². The van der Waals surface area contributed by atoms with E-state index in [1.165, 1.54) is 0 Å². The molecule has 0 aliphatic carbocycles. The summed E-state index contributed by atoms with van der Waals surface area (Å²) in [4.78, 5) is 13.0. The molecular formula is C15H21ClN2O2. The van der Waals surface area contributed by atoms with Crippen LogP contribution >= 0.6 is 11.6 Å². The van der Waals surface area contributed by atoms with Gasteiger partial charge in [0.2, 0.25) is 0 Å². The number of aliphatic carboxylic acids is 1. The molecule has 0 amide bonds. The predicted molar refractivity (Wildman–Crippen MR) is 79.7 cm³/mol. The lowest BCUT2D eigenvalue weighted by Crippen LogP contribution is -2.46. The summed E-state index contributed by atoms with van der Waals surface area (Å²) >= 11 is 6.18. The highest BCUT2D eigenvalue weighted by molar-refractivity contribution is 6.31. The predicted octanol–water partition coefficient (Wildman–Crippen LogP) is 2.35. The van der Waals surface area contributed by atoms with Crippen LogP contribution in [0.4, 0.5) is 0 Å². The Labute approximate surface area is 124 Å². The zero-order valence-corrected chi connectivity index (χ0v) is 12.2. The van der Waals surface area contributed by atoms with Crippen molar-refractivity contribution in [2.45, 2.75) is 31.8 Å². The molecular weight excluding hydrogens is 276 g/mol. The minimum atomic E-state index is -0.734. The van der Waals surface area contributed by atoms with Gasteiger partial charge in [-0.2, -0.15) is 0 Å². The molecule has 1 fully saturated rings. The lowest BCUT2D eigenvalue weighted by Gasteiger charge is -2.36. The summed E-state index contributed by atoms with van der Waals surface area (Å²) in [6.45, 7) is 2.51. The first kappa shape index (κ1) is 15.3. The first-order chi connectivity index (χ1) is 9.54. The highest BCUT2D eigenvalue weighted by atomic mass is 35.5. The van der Waals surface area contributed by atoms with Gasteiger partial charge in [0.05, 0.1) is 0 Å². The SMILES string of the molecule is NC1CC(CCC(=O)O)CN(Cc2ccccc2Cl)C1. The second-order valence-corrected chi connectivity index (χ2v) is 5.99. The topological polar surface area (TPSA) is 66.6 Å². The van der Waals surface area contributed by atoms with Crippen LogP contribution in [0, 0.1) is 5.92 Å². The third-order valence-corrected chi connectivity index (χ3v) is 4.13. The van der Waals surface area contributed by atoms with E-state index in [2.05, 4.69) is 4.90 Å². The molecule has 0 aromatic heterocycles. The summed E-state index contributed by atoms with van der Waals surface area (Å²) in [5.41, 5.74) is 7.19. The Kier molecular flexibility index (Phi) is 5.40. The maximum atomic E-state index is 10.7. The minimum absolute atomic E-state index is 0.116. The van der Waals surface area contributed by atoms with Crippen molar-refractivity contribution in [2.24, 2.45) is 11.7 Å². The van der Waals surface area contributed by atoms with Crippen molar-refractivity contribution in [2.75, 3.05) is 13.1 Å². The highest BCUT2D eigenvalue weighted by Gasteiger charge is 2.25. The molecule has 3 N–H and O–H groups in total. The molecule has 1 saturated heterocycles. The van der Waals surface area contributed by atoms with E-state index < -0.39 is 5.97 Å². The van der Waals surface area contributed by atoms with Crippen LogP contribution in [0.25, 0.3) is 0 Å². The van der Waals surface area contributed by atoms with Crippen molar-refractivity contribution in [3.8, 4) is 0 Å². The van der Waals surface area contributed by atoms with Gasteiger partial charge in [0.25, 0.3) is 0 Å². The summed E-state index contributed by atoms with van der Waals surface area (Å²) in [7, 11) is 0. The maximum absolute atomic E-state index is 10.7. The number of carboxylic acids is 1. The molecule has 0 saturated carbocycles. The first-order valence-corrected chi connectivity index (χ1v) is 7.35. The fourth-order valence-electron chi connectivity index (χ4n) is 2.88. The zero-order chi connectivity index (χ0) is 14.5. The van der Waals surface area contributed by atoms with Crippen molar-refractivity contribution in [1.29, 1.82) is 0 Å². The summed E-state index contributed by atoms with van der Waals surface area (Å²) in [5.74, 6) is -0.376. The number of nitrogens with zero attached hydrogens (tertiary/aromatic N) is 1. The molecule has 0 radical (unpaired) electrons. The van der Waals surface area contributed by atoms with Crippen LogP contribution in [0.1, 0.15) is 24.8 Å². The third kappa shape index (κ3) is 4.47. The Hall–Kier alpha value is -1.10. The van der Waals surface area contributed by atoms with E-state index in [0.717, 1.165) is 36.6 Å². The number of hydrogen-bond donors (Lipinski definition) is 2. The summed E-state index contributed by atoms with van der Waals surface area (Å²) in [6, 6.07) is 7.93. The van der Waals surface area contributed by atoms with Crippen molar-refractivity contribution in [3.63, 3.8) is 0 Å². The normalized spacial score (nSPS) is 23.7. The number of halogens is 1. The largest absolute Gasteiger partial charge is 0.481 e. The number of benzene rings is 1. The number of carbonyl (C=O) groups is 1. The number of carboxylic acid groups (broad SMARTS) is 1. The van der Waals surface area contributed by atoms with Gasteiger partial charge in [-0.05, 0) is 30.4 Å². The molecule has 1 heterocycles. The quantitative estimate of drug-likeness (QED) is 0.875. The van der Waals surface area contributed by atoms with Crippen molar-refractivity contribution >= 4 is 17.6 Å². The monoisotopic (exact) mass is 296 g/mol. The number of nitrogens with two attached hydrogens (primary N) is 1. The maximum Gasteiger partial charge on any atom is 0.303 e. The second kappa shape index (κ2) is 7.07. The Bertz CT molecular complexity index is 467. The molecule has 2 atom stereocenters. The molecule has 1 aromatic rings. The molecule has 2 rings (SSSR count). The second-order valence-electron chi connectivity index (χ2n) is 5.58. The van der Waals surface area contributed by atoms with E-state index in [1.54, 1.807) is 0 Å². The number of piperidine rings is 1. The summed E-state index contributed by atoms with van der Waals surface area (Å²) < 4.78 is 0. The molecule has 2 unspecified atom stereocenters. The third-order valence-electron chi connectivity index (χ3n) is 3.76.